The van der Waals surface area contributed by atoms with Gasteiger partial charge in [-0.05, 0) is 24.3 Å². The van der Waals surface area contributed by atoms with E-state index >= 15 is 0 Å². The van der Waals surface area contributed by atoms with Crippen molar-refractivity contribution in [1.82, 2.24) is 4.98 Å². The summed E-state index contributed by atoms with van der Waals surface area (Å²) in [5.74, 6) is -4.40. The van der Waals surface area contributed by atoms with Crippen LogP contribution in [0.4, 0.5) is 22.0 Å². The Morgan fingerprint density at radius 2 is 1.88 bits per heavy atom. The lowest BCUT2D eigenvalue weighted by Gasteiger charge is -2.11. The van der Waals surface area contributed by atoms with Crippen LogP contribution in [0.15, 0.2) is 53.5 Å². The molecule has 0 aliphatic carbocycles. The number of primary amides is 1. The van der Waals surface area contributed by atoms with Crippen LogP contribution in [0.25, 0.3) is 11.3 Å². The summed E-state index contributed by atoms with van der Waals surface area (Å²) in [7, 11) is 0. The first-order chi connectivity index (χ1) is 15.5. The molecule has 1 atom stereocenters. The molecule has 3 N–H and O–H groups in total. The number of allylic oxidation sites excluding steroid dienone is 1. The van der Waals surface area contributed by atoms with E-state index in [0.29, 0.717) is 5.56 Å². The number of amides is 1. The number of carbonyl (C=O) groups excluding carboxylic acids is 1. The van der Waals surface area contributed by atoms with E-state index in [1.165, 1.54) is 18.2 Å². The first-order valence-corrected chi connectivity index (χ1v) is 9.39. The van der Waals surface area contributed by atoms with Crippen LogP contribution in [0.5, 0.6) is 5.75 Å². The molecule has 0 aliphatic rings. The summed E-state index contributed by atoms with van der Waals surface area (Å²) in [6.07, 6.45) is -4.40. The average molecular weight is 468 g/mol. The highest BCUT2D eigenvalue weighted by molar-refractivity contribution is 5.93. The summed E-state index contributed by atoms with van der Waals surface area (Å²) in [6, 6.07) is 5.87. The second-order valence-corrected chi connectivity index (χ2v) is 6.82. The van der Waals surface area contributed by atoms with Crippen LogP contribution in [0.3, 0.4) is 0 Å². The fraction of sp³-hybridized carbons (Fsp3) is 0.182. The summed E-state index contributed by atoms with van der Waals surface area (Å²) in [6.45, 7) is 2.98. The zero-order valence-corrected chi connectivity index (χ0v) is 16.8. The Hall–Kier alpha value is -3.73. The molecule has 1 amide bonds. The van der Waals surface area contributed by atoms with Crippen molar-refractivity contribution in [3.05, 3.63) is 83.5 Å². The average Bonchev–Trinajstić information content (AvgIpc) is 3.16. The Kier molecular flexibility index (Phi) is 6.82. The van der Waals surface area contributed by atoms with Crippen molar-refractivity contribution in [2.45, 2.75) is 18.7 Å². The zero-order valence-electron chi connectivity index (χ0n) is 16.8. The van der Waals surface area contributed by atoms with Gasteiger partial charge in [0.15, 0.2) is 17.7 Å². The Morgan fingerprint density at radius 1 is 1.21 bits per heavy atom. The predicted molar refractivity (Wildman–Crippen MR) is 106 cm³/mol. The van der Waals surface area contributed by atoms with Gasteiger partial charge in [-0.1, -0.05) is 18.2 Å². The highest BCUT2D eigenvalue weighted by Crippen LogP contribution is 2.33. The molecule has 1 heterocycles. The topological polar surface area (TPSA) is 98.6 Å². The second kappa shape index (κ2) is 9.41. The van der Waals surface area contributed by atoms with Crippen LogP contribution >= 0.6 is 0 Å². The maximum Gasteiger partial charge on any atom is 0.416 e. The van der Waals surface area contributed by atoms with Gasteiger partial charge in [0.25, 0.3) is 5.91 Å². The minimum absolute atomic E-state index is 0.158. The number of aromatic nitrogens is 1. The maximum atomic E-state index is 14.3. The lowest BCUT2D eigenvalue weighted by Crippen LogP contribution is -2.17. The predicted octanol–water partition coefficient (Wildman–Crippen LogP) is 4.58. The van der Waals surface area contributed by atoms with E-state index in [2.05, 4.69) is 11.6 Å². The zero-order chi connectivity index (χ0) is 24.3. The standard InChI is InChI=1S/C22H17F5N2O4/c1-2-3-16-19(11-4-6-12(7-5-11)22(25,26)27)29-21(33-16)14(30)10-32-15-9-8-13(23)17(18(15)24)20(28)31/h2,4-9,14,30H,1,3,10H2,(H2,28,31). The van der Waals surface area contributed by atoms with Crippen molar-refractivity contribution >= 4 is 5.91 Å². The Morgan fingerprint density at radius 3 is 2.45 bits per heavy atom. The number of carbonyl (C=O) groups is 1. The van der Waals surface area contributed by atoms with Crippen molar-refractivity contribution in [3.8, 4) is 17.0 Å². The van der Waals surface area contributed by atoms with Crippen LogP contribution in [0.2, 0.25) is 0 Å². The molecule has 0 aliphatic heterocycles. The number of oxazole rings is 1. The summed E-state index contributed by atoms with van der Waals surface area (Å²) in [5, 5.41) is 10.4. The molecule has 0 bridgehead atoms. The normalized spacial score (nSPS) is 12.4. The first-order valence-electron chi connectivity index (χ1n) is 9.39. The van der Waals surface area contributed by atoms with E-state index < -0.39 is 53.3 Å². The van der Waals surface area contributed by atoms with Gasteiger partial charge >= 0.3 is 6.18 Å². The fourth-order valence-corrected chi connectivity index (χ4v) is 2.94. The molecule has 174 valence electrons. The minimum atomic E-state index is -4.50. The SMILES string of the molecule is C=CCc1oc(C(O)COc2ccc(F)c(C(N)=O)c2F)nc1-c1ccc(C(F)(F)F)cc1. The number of aliphatic hydroxyl groups excluding tert-OH is 1. The first kappa shape index (κ1) is 23.9. The third-order valence-corrected chi connectivity index (χ3v) is 4.51. The number of nitrogens with zero attached hydrogens (tertiary/aromatic N) is 1. The molecule has 2 aromatic carbocycles. The van der Waals surface area contributed by atoms with Crippen molar-refractivity contribution in [3.63, 3.8) is 0 Å². The maximum absolute atomic E-state index is 14.3. The second-order valence-electron chi connectivity index (χ2n) is 6.82. The van der Waals surface area contributed by atoms with Crippen LogP contribution in [-0.2, 0) is 12.6 Å². The molecule has 0 fully saturated rings. The minimum Gasteiger partial charge on any atom is -0.487 e. The van der Waals surface area contributed by atoms with E-state index in [1.807, 2.05) is 0 Å². The smallest absolute Gasteiger partial charge is 0.416 e. The monoisotopic (exact) mass is 468 g/mol. The van der Waals surface area contributed by atoms with Gasteiger partial charge in [-0.2, -0.15) is 13.2 Å². The number of hydrogen-bond acceptors (Lipinski definition) is 5. The van der Waals surface area contributed by atoms with Gasteiger partial charge in [-0.25, -0.2) is 13.8 Å². The van der Waals surface area contributed by atoms with Crippen molar-refractivity contribution < 1.29 is 41.0 Å². The van der Waals surface area contributed by atoms with E-state index in [9.17, 15) is 31.9 Å². The Labute approximate surface area is 184 Å². The van der Waals surface area contributed by atoms with Gasteiger partial charge in [-0.3, -0.25) is 4.79 Å². The van der Waals surface area contributed by atoms with E-state index in [0.717, 1.165) is 24.3 Å². The summed E-state index contributed by atoms with van der Waals surface area (Å²) in [4.78, 5) is 15.3. The molecule has 0 radical (unpaired) electrons. The van der Waals surface area contributed by atoms with Gasteiger partial charge < -0.3 is 20.0 Å². The van der Waals surface area contributed by atoms with E-state index in [-0.39, 0.29) is 23.8 Å². The number of rotatable bonds is 8. The summed E-state index contributed by atoms with van der Waals surface area (Å²) >= 11 is 0. The molecule has 0 saturated carbocycles. The van der Waals surface area contributed by atoms with Crippen LogP contribution in [0.1, 0.15) is 33.7 Å². The molecule has 33 heavy (non-hydrogen) atoms. The Bertz CT molecular complexity index is 1170. The van der Waals surface area contributed by atoms with Crippen molar-refractivity contribution in [2.24, 2.45) is 5.73 Å². The highest BCUT2D eigenvalue weighted by Gasteiger charge is 2.30. The summed E-state index contributed by atoms with van der Waals surface area (Å²) in [5.41, 5.74) is 3.60. The lowest BCUT2D eigenvalue weighted by molar-refractivity contribution is -0.137. The number of halogens is 5. The third-order valence-electron chi connectivity index (χ3n) is 4.51. The van der Waals surface area contributed by atoms with Gasteiger partial charge in [0.1, 0.15) is 29.4 Å². The molecule has 0 spiro atoms. The highest BCUT2D eigenvalue weighted by atomic mass is 19.4. The van der Waals surface area contributed by atoms with Crippen LogP contribution < -0.4 is 10.5 Å². The molecule has 0 saturated heterocycles. The number of nitrogens with two attached hydrogens (primary N) is 1. The number of aliphatic hydroxyl groups is 1. The van der Waals surface area contributed by atoms with Crippen LogP contribution in [-0.4, -0.2) is 22.6 Å². The quantitative estimate of drug-likeness (QED) is 0.373. The van der Waals surface area contributed by atoms with Gasteiger partial charge in [0, 0.05) is 12.0 Å². The number of alkyl halides is 3. The van der Waals surface area contributed by atoms with Gasteiger partial charge in [-0.15, -0.1) is 6.58 Å². The van der Waals surface area contributed by atoms with Crippen molar-refractivity contribution in [1.29, 1.82) is 0 Å². The molecule has 1 unspecified atom stereocenters. The molecule has 3 aromatic rings. The van der Waals surface area contributed by atoms with Crippen molar-refractivity contribution in [2.75, 3.05) is 6.61 Å². The van der Waals surface area contributed by atoms with Crippen LogP contribution in [0, 0.1) is 11.6 Å². The third kappa shape index (κ3) is 5.20. The van der Waals surface area contributed by atoms with E-state index in [4.69, 9.17) is 14.9 Å². The molecule has 6 nitrogen and oxygen atoms in total. The Balaban J connectivity index is 1.83. The van der Waals surface area contributed by atoms with Gasteiger partial charge in [0.2, 0.25) is 5.89 Å². The van der Waals surface area contributed by atoms with E-state index in [1.54, 1.807) is 0 Å². The number of ether oxygens (including phenoxy) is 1. The molecular weight excluding hydrogens is 451 g/mol. The fourth-order valence-electron chi connectivity index (χ4n) is 2.94. The number of benzene rings is 2. The molecule has 11 heteroatoms. The molecule has 3 rings (SSSR count). The lowest BCUT2D eigenvalue weighted by atomic mass is 10.1. The largest absolute Gasteiger partial charge is 0.487 e. The van der Waals surface area contributed by atoms with Gasteiger partial charge in [0.05, 0.1) is 5.56 Å². The molecule has 1 aromatic heterocycles. The molecular formula is C22H17F5N2O4. The number of hydrogen-bond donors (Lipinski definition) is 2. The summed E-state index contributed by atoms with van der Waals surface area (Å²) < 4.78 is 76.9.